The van der Waals surface area contributed by atoms with Crippen LogP contribution in [0.15, 0.2) is 17.9 Å². The van der Waals surface area contributed by atoms with E-state index in [2.05, 4.69) is 63.7 Å². The van der Waals surface area contributed by atoms with Gasteiger partial charge in [0.05, 0.1) is 33.9 Å². The third kappa shape index (κ3) is 2.45. The van der Waals surface area contributed by atoms with Crippen molar-refractivity contribution in [1.82, 2.24) is 0 Å². The molecule has 0 aromatic heterocycles. The van der Waals surface area contributed by atoms with Gasteiger partial charge in [0.15, 0.2) is 23.0 Å². The van der Waals surface area contributed by atoms with Crippen molar-refractivity contribution in [3.8, 4) is 34.5 Å². The SMILES string of the molecule is COc1c2c(O)c(O)c(Br)c(Br)c2c(OC)c2c(O)c(O)c(Br)c(Br)c12. The molecule has 26 heavy (non-hydrogen) atoms. The van der Waals surface area contributed by atoms with Crippen LogP contribution in [0.3, 0.4) is 0 Å². The minimum atomic E-state index is -0.428. The van der Waals surface area contributed by atoms with Crippen LogP contribution in [0.4, 0.5) is 0 Å². The second-order valence-corrected chi connectivity index (χ2v) is 8.39. The molecule has 0 aliphatic rings. The topological polar surface area (TPSA) is 99.4 Å². The summed E-state index contributed by atoms with van der Waals surface area (Å²) < 4.78 is 12.1. The van der Waals surface area contributed by atoms with Crippen molar-refractivity contribution in [3.05, 3.63) is 17.9 Å². The van der Waals surface area contributed by atoms with Gasteiger partial charge in [-0.2, -0.15) is 0 Å². The van der Waals surface area contributed by atoms with E-state index in [1.807, 2.05) is 0 Å². The van der Waals surface area contributed by atoms with Gasteiger partial charge in [-0.25, -0.2) is 0 Å². The highest BCUT2D eigenvalue weighted by atomic mass is 79.9. The molecule has 0 heterocycles. The summed E-state index contributed by atoms with van der Waals surface area (Å²) in [4.78, 5) is 0. The molecule has 138 valence electrons. The van der Waals surface area contributed by atoms with Crippen LogP contribution in [0.2, 0.25) is 0 Å². The third-order valence-electron chi connectivity index (χ3n) is 3.98. The molecule has 0 atom stereocenters. The largest absolute Gasteiger partial charge is 0.504 e. The summed E-state index contributed by atoms with van der Waals surface area (Å²) in [6.45, 7) is 0. The number of hydrogen-bond donors (Lipinski definition) is 4. The van der Waals surface area contributed by atoms with Crippen LogP contribution < -0.4 is 9.47 Å². The minimum Gasteiger partial charge on any atom is -0.504 e. The van der Waals surface area contributed by atoms with E-state index in [-0.39, 0.29) is 42.7 Å². The number of benzene rings is 3. The van der Waals surface area contributed by atoms with E-state index in [4.69, 9.17) is 9.47 Å². The standard InChI is InChI=1S/C16H10Br4O6/c1-25-15-3-6(12(22)14(24)9(19)7(3)17)16(26-2)4-5(15)11(21)13(23)10(20)8(4)18/h21-24H,1-2H3. The molecule has 3 aromatic rings. The average Bonchev–Trinajstić information content (AvgIpc) is 2.64. The number of phenols is 4. The molecule has 3 aromatic carbocycles. The highest BCUT2D eigenvalue weighted by Crippen LogP contribution is 2.59. The molecule has 0 amide bonds. The lowest BCUT2D eigenvalue weighted by atomic mass is 9.98. The molecular weight excluding hydrogens is 608 g/mol. The zero-order chi connectivity index (χ0) is 19.5. The number of hydrogen-bond acceptors (Lipinski definition) is 6. The van der Waals surface area contributed by atoms with E-state index in [0.29, 0.717) is 19.7 Å². The molecule has 0 bridgehead atoms. The van der Waals surface area contributed by atoms with Crippen molar-refractivity contribution < 1.29 is 29.9 Å². The number of halogens is 4. The van der Waals surface area contributed by atoms with Gasteiger partial charge in [0.2, 0.25) is 0 Å². The normalized spacial score (nSPS) is 11.3. The van der Waals surface area contributed by atoms with Gasteiger partial charge in [-0.1, -0.05) is 0 Å². The van der Waals surface area contributed by atoms with Gasteiger partial charge >= 0.3 is 0 Å². The van der Waals surface area contributed by atoms with Gasteiger partial charge in [0, 0.05) is 19.7 Å². The van der Waals surface area contributed by atoms with Crippen molar-refractivity contribution in [1.29, 1.82) is 0 Å². The first-order valence-corrected chi connectivity index (χ1v) is 10.0. The molecule has 4 N–H and O–H groups in total. The van der Waals surface area contributed by atoms with Crippen LogP contribution >= 0.6 is 63.7 Å². The number of fused-ring (bicyclic) bond motifs is 2. The molecular formula is C16H10Br4O6. The summed E-state index contributed by atoms with van der Waals surface area (Å²) in [5.41, 5.74) is 0. The fourth-order valence-electron chi connectivity index (χ4n) is 2.86. The van der Waals surface area contributed by atoms with Gasteiger partial charge in [0.25, 0.3) is 0 Å². The first-order chi connectivity index (χ1) is 12.2. The number of rotatable bonds is 2. The van der Waals surface area contributed by atoms with E-state index in [0.717, 1.165) is 0 Å². The van der Waals surface area contributed by atoms with Crippen LogP contribution in [0.1, 0.15) is 0 Å². The van der Waals surface area contributed by atoms with E-state index < -0.39 is 11.5 Å². The lowest BCUT2D eigenvalue weighted by Gasteiger charge is -2.20. The van der Waals surface area contributed by atoms with Crippen molar-refractivity contribution in [2.45, 2.75) is 0 Å². The lowest BCUT2D eigenvalue weighted by molar-refractivity contribution is 0.392. The fraction of sp³-hybridized carbons (Fsp3) is 0.125. The Morgan fingerprint density at radius 3 is 1.08 bits per heavy atom. The Kier molecular flexibility index (Phi) is 5.15. The van der Waals surface area contributed by atoms with Gasteiger partial charge in [0.1, 0.15) is 11.5 Å². The van der Waals surface area contributed by atoms with Gasteiger partial charge < -0.3 is 29.9 Å². The summed E-state index contributed by atoms with van der Waals surface area (Å²) in [6.07, 6.45) is 0. The molecule has 10 heteroatoms. The van der Waals surface area contributed by atoms with Gasteiger partial charge in [-0.05, 0) is 63.7 Å². The second kappa shape index (κ2) is 6.81. The zero-order valence-electron chi connectivity index (χ0n) is 13.1. The Balaban J connectivity index is 2.86. The van der Waals surface area contributed by atoms with Gasteiger partial charge in [-0.3, -0.25) is 0 Å². The van der Waals surface area contributed by atoms with Crippen molar-refractivity contribution in [2.75, 3.05) is 14.2 Å². The first-order valence-electron chi connectivity index (χ1n) is 6.88. The molecule has 0 fully saturated rings. The highest BCUT2D eigenvalue weighted by Gasteiger charge is 2.30. The van der Waals surface area contributed by atoms with Crippen molar-refractivity contribution in [2.24, 2.45) is 0 Å². The predicted molar refractivity (Wildman–Crippen MR) is 112 cm³/mol. The van der Waals surface area contributed by atoms with E-state index in [9.17, 15) is 20.4 Å². The van der Waals surface area contributed by atoms with Crippen LogP contribution in [-0.4, -0.2) is 34.6 Å². The predicted octanol–water partition coefficient (Wildman–Crippen LogP) is 5.88. The number of ether oxygens (including phenoxy) is 2. The maximum absolute atomic E-state index is 10.6. The molecule has 3 rings (SSSR count). The molecule has 0 unspecified atom stereocenters. The monoisotopic (exact) mass is 614 g/mol. The second-order valence-electron chi connectivity index (χ2n) is 5.22. The molecule has 0 saturated carbocycles. The number of aromatic hydroxyl groups is 4. The molecule has 0 aliphatic carbocycles. The van der Waals surface area contributed by atoms with Crippen molar-refractivity contribution >= 4 is 85.3 Å². The summed E-state index contributed by atoms with van der Waals surface area (Å²) in [5.74, 6) is -1.30. The number of phenolic OH excluding ortho intramolecular Hbond substituents is 4. The van der Waals surface area contributed by atoms with E-state index in [1.165, 1.54) is 14.2 Å². The Bertz CT molecular complexity index is 930. The summed E-state index contributed by atoms with van der Waals surface area (Å²) in [5, 5.41) is 42.6. The lowest BCUT2D eigenvalue weighted by Crippen LogP contribution is -1.96. The molecule has 0 radical (unpaired) electrons. The smallest absolute Gasteiger partial charge is 0.173 e. The van der Waals surface area contributed by atoms with Crippen molar-refractivity contribution in [3.63, 3.8) is 0 Å². The fourth-order valence-corrected chi connectivity index (χ4v) is 4.76. The van der Waals surface area contributed by atoms with E-state index >= 15 is 0 Å². The Morgan fingerprint density at radius 2 is 0.808 bits per heavy atom. The summed E-state index contributed by atoms with van der Waals surface area (Å²) >= 11 is 13.1. The van der Waals surface area contributed by atoms with Crippen LogP contribution in [0.25, 0.3) is 21.5 Å². The Labute approximate surface area is 180 Å². The third-order valence-corrected chi connectivity index (χ3v) is 8.17. The molecule has 0 saturated heterocycles. The zero-order valence-corrected chi connectivity index (χ0v) is 19.5. The van der Waals surface area contributed by atoms with Crippen LogP contribution in [0, 0.1) is 0 Å². The maximum atomic E-state index is 10.6. The minimum absolute atomic E-state index is 0.166. The number of methoxy groups -OCH3 is 2. The first kappa shape index (κ1) is 19.7. The van der Waals surface area contributed by atoms with Crippen LogP contribution in [-0.2, 0) is 0 Å². The Hall–Kier alpha value is -1.10. The summed E-state index contributed by atoms with van der Waals surface area (Å²) in [6, 6.07) is 0. The maximum Gasteiger partial charge on any atom is 0.173 e. The molecule has 6 nitrogen and oxygen atoms in total. The molecule has 0 aliphatic heterocycles. The van der Waals surface area contributed by atoms with E-state index in [1.54, 1.807) is 0 Å². The van der Waals surface area contributed by atoms with Gasteiger partial charge in [-0.15, -0.1) is 0 Å². The quantitative estimate of drug-likeness (QED) is 0.212. The molecule has 0 spiro atoms. The summed E-state index contributed by atoms with van der Waals surface area (Å²) in [7, 11) is 2.77. The highest BCUT2D eigenvalue weighted by molar-refractivity contribution is 9.13. The Morgan fingerprint density at radius 1 is 0.500 bits per heavy atom. The van der Waals surface area contributed by atoms with Crippen LogP contribution in [0.5, 0.6) is 34.5 Å². The average molecular weight is 618 g/mol.